The van der Waals surface area contributed by atoms with Crippen molar-refractivity contribution in [3.05, 3.63) is 23.3 Å². The summed E-state index contributed by atoms with van der Waals surface area (Å²) in [6.45, 7) is 4.06. The van der Waals surface area contributed by atoms with Crippen molar-refractivity contribution in [3.63, 3.8) is 0 Å². The van der Waals surface area contributed by atoms with Gasteiger partial charge in [-0.2, -0.15) is 0 Å². The number of rotatable bonds is 2. The third-order valence-corrected chi connectivity index (χ3v) is 4.06. The van der Waals surface area contributed by atoms with Crippen molar-refractivity contribution in [1.82, 2.24) is 0 Å². The van der Waals surface area contributed by atoms with Gasteiger partial charge in [0.15, 0.2) is 5.78 Å². The summed E-state index contributed by atoms with van der Waals surface area (Å²) in [4.78, 5) is 12.1. The summed E-state index contributed by atoms with van der Waals surface area (Å²) >= 11 is 0. The first-order valence-electron chi connectivity index (χ1n) is 6.07. The van der Waals surface area contributed by atoms with Crippen LogP contribution >= 0.6 is 0 Å². The molecule has 0 aromatic carbocycles. The first-order valence-corrected chi connectivity index (χ1v) is 6.07. The molecule has 0 radical (unpaired) electrons. The van der Waals surface area contributed by atoms with Crippen LogP contribution in [0.5, 0.6) is 0 Å². The van der Waals surface area contributed by atoms with Crippen molar-refractivity contribution in [2.24, 2.45) is 5.41 Å². The van der Waals surface area contributed by atoms with Crippen LogP contribution in [0.1, 0.15) is 52.4 Å². The number of carbonyl (C=O) groups excluding carboxylic acids is 1. The molecule has 0 heterocycles. The molecular formula is C14H20O. The van der Waals surface area contributed by atoms with Crippen LogP contribution in [-0.2, 0) is 4.79 Å². The lowest BCUT2D eigenvalue weighted by atomic mass is 9.77. The largest absolute Gasteiger partial charge is 0.290 e. The molecule has 0 aliphatic heterocycles. The van der Waals surface area contributed by atoms with E-state index in [1.165, 1.54) is 37.7 Å². The second-order valence-electron chi connectivity index (χ2n) is 5.01. The van der Waals surface area contributed by atoms with E-state index in [1.807, 2.05) is 13.0 Å². The van der Waals surface area contributed by atoms with E-state index in [-0.39, 0.29) is 11.2 Å². The minimum absolute atomic E-state index is 0.273. The predicted molar refractivity (Wildman–Crippen MR) is 62.7 cm³/mol. The molecule has 1 fully saturated rings. The van der Waals surface area contributed by atoms with Crippen LogP contribution in [0.2, 0.25) is 0 Å². The number of hydrogen-bond acceptors (Lipinski definition) is 1. The smallest absolute Gasteiger partial charge is 0.181 e. The highest BCUT2D eigenvalue weighted by atomic mass is 16.1. The summed E-state index contributed by atoms with van der Waals surface area (Å²) in [5.41, 5.74) is 2.79. The molecule has 82 valence electrons. The van der Waals surface area contributed by atoms with Gasteiger partial charge in [-0.15, -0.1) is 0 Å². The minimum Gasteiger partial charge on any atom is -0.290 e. The van der Waals surface area contributed by atoms with Gasteiger partial charge in [0.1, 0.15) is 0 Å². The highest BCUT2D eigenvalue weighted by molar-refractivity contribution is 6.05. The van der Waals surface area contributed by atoms with E-state index in [0.29, 0.717) is 0 Å². The Bertz CT molecular complexity index is 327. The Hall–Kier alpha value is -0.850. The Balaban J connectivity index is 2.33. The number of carbonyl (C=O) groups is 1. The molecule has 0 atom stereocenters. The predicted octanol–water partition coefficient (Wildman–Crippen LogP) is 3.80. The van der Waals surface area contributed by atoms with Gasteiger partial charge in [-0.3, -0.25) is 4.79 Å². The Morgan fingerprint density at radius 2 is 1.93 bits per heavy atom. The normalized spacial score (nSPS) is 24.7. The van der Waals surface area contributed by atoms with Crippen LogP contribution in [0.15, 0.2) is 23.3 Å². The molecule has 0 N–H and O–H groups in total. The van der Waals surface area contributed by atoms with Gasteiger partial charge in [-0.05, 0) is 51.0 Å². The molecule has 1 spiro atoms. The molecule has 1 saturated carbocycles. The topological polar surface area (TPSA) is 17.1 Å². The summed E-state index contributed by atoms with van der Waals surface area (Å²) in [6.07, 6.45) is 11.1. The number of allylic oxidation sites excluding steroid dienone is 4. The van der Waals surface area contributed by atoms with Gasteiger partial charge in [-0.1, -0.05) is 24.5 Å². The SMILES string of the molecule is CC=CC(=O)C1=C(C)CCC12CCCC2. The monoisotopic (exact) mass is 204 g/mol. The van der Waals surface area contributed by atoms with E-state index < -0.39 is 0 Å². The quantitative estimate of drug-likeness (QED) is 0.625. The minimum atomic E-state index is 0.273. The molecule has 2 aliphatic carbocycles. The molecule has 2 rings (SSSR count). The van der Waals surface area contributed by atoms with E-state index in [1.54, 1.807) is 6.08 Å². The van der Waals surface area contributed by atoms with Crippen LogP contribution in [0.25, 0.3) is 0 Å². The molecule has 1 heteroatoms. The van der Waals surface area contributed by atoms with E-state index in [9.17, 15) is 4.79 Å². The summed E-state index contributed by atoms with van der Waals surface area (Å²) < 4.78 is 0. The van der Waals surface area contributed by atoms with Gasteiger partial charge < -0.3 is 0 Å². The summed E-state index contributed by atoms with van der Waals surface area (Å²) in [6, 6.07) is 0. The van der Waals surface area contributed by atoms with Gasteiger partial charge in [-0.25, -0.2) is 0 Å². The highest BCUT2D eigenvalue weighted by Gasteiger charge is 2.43. The second-order valence-corrected chi connectivity index (χ2v) is 5.01. The highest BCUT2D eigenvalue weighted by Crippen LogP contribution is 2.53. The molecular weight excluding hydrogens is 184 g/mol. The zero-order valence-electron chi connectivity index (χ0n) is 9.81. The fourth-order valence-electron chi connectivity index (χ4n) is 3.39. The van der Waals surface area contributed by atoms with Crippen LogP contribution in [0.4, 0.5) is 0 Å². The second kappa shape index (κ2) is 3.96. The van der Waals surface area contributed by atoms with Crippen LogP contribution in [-0.4, -0.2) is 5.78 Å². The van der Waals surface area contributed by atoms with Crippen molar-refractivity contribution >= 4 is 5.78 Å². The van der Waals surface area contributed by atoms with Crippen molar-refractivity contribution in [2.75, 3.05) is 0 Å². The zero-order chi connectivity index (χ0) is 10.9. The first-order chi connectivity index (χ1) is 7.19. The summed E-state index contributed by atoms with van der Waals surface area (Å²) in [5.74, 6) is 0.273. The van der Waals surface area contributed by atoms with Crippen LogP contribution in [0, 0.1) is 5.41 Å². The Labute approximate surface area is 92.3 Å². The Morgan fingerprint density at radius 3 is 2.53 bits per heavy atom. The average molecular weight is 204 g/mol. The lowest BCUT2D eigenvalue weighted by molar-refractivity contribution is -0.112. The van der Waals surface area contributed by atoms with E-state index in [0.717, 1.165) is 12.0 Å². The van der Waals surface area contributed by atoms with E-state index in [2.05, 4.69) is 6.92 Å². The summed E-state index contributed by atoms with van der Waals surface area (Å²) in [5, 5.41) is 0. The van der Waals surface area contributed by atoms with Crippen molar-refractivity contribution in [3.8, 4) is 0 Å². The molecule has 2 aliphatic rings. The molecule has 0 aromatic rings. The standard InChI is InChI=1S/C14H20O/c1-3-6-12(15)13-11(2)7-10-14(13)8-4-5-9-14/h3,6H,4-5,7-10H2,1-2H3. The van der Waals surface area contributed by atoms with E-state index in [4.69, 9.17) is 0 Å². The average Bonchev–Trinajstić information content (AvgIpc) is 2.77. The molecule has 0 saturated heterocycles. The van der Waals surface area contributed by atoms with Crippen LogP contribution in [0.3, 0.4) is 0 Å². The van der Waals surface area contributed by atoms with Gasteiger partial charge in [0.05, 0.1) is 0 Å². The fraction of sp³-hybridized carbons (Fsp3) is 0.643. The van der Waals surface area contributed by atoms with Crippen molar-refractivity contribution < 1.29 is 4.79 Å². The van der Waals surface area contributed by atoms with Crippen molar-refractivity contribution in [1.29, 1.82) is 0 Å². The molecule has 1 nitrogen and oxygen atoms in total. The van der Waals surface area contributed by atoms with Gasteiger partial charge >= 0.3 is 0 Å². The Morgan fingerprint density at radius 1 is 1.27 bits per heavy atom. The van der Waals surface area contributed by atoms with Gasteiger partial charge in [0.25, 0.3) is 0 Å². The molecule has 0 bridgehead atoms. The maximum atomic E-state index is 12.1. The first kappa shape index (κ1) is 10.7. The molecule has 0 unspecified atom stereocenters. The fourth-order valence-corrected chi connectivity index (χ4v) is 3.39. The number of hydrogen-bond donors (Lipinski definition) is 0. The molecule has 15 heavy (non-hydrogen) atoms. The maximum absolute atomic E-state index is 12.1. The zero-order valence-corrected chi connectivity index (χ0v) is 9.81. The van der Waals surface area contributed by atoms with Crippen molar-refractivity contribution in [2.45, 2.75) is 52.4 Å². The third-order valence-electron chi connectivity index (χ3n) is 4.06. The summed E-state index contributed by atoms with van der Waals surface area (Å²) in [7, 11) is 0. The van der Waals surface area contributed by atoms with Gasteiger partial charge in [0.2, 0.25) is 0 Å². The Kier molecular flexibility index (Phi) is 2.81. The third kappa shape index (κ3) is 1.68. The molecule has 0 amide bonds. The lowest BCUT2D eigenvalue weighted by Crippen LogP contribution is -2.20. The lowest BCUT2D eigenvalue weighted by Gasteiger charge is -2.25. The molecule has 0 aromatic heterocycles. The van der Waals surface area contributed by atoms with E-state index >= 15 is 0 Å². The van der Waals surface area contributed by atoms with Gasteiger partial charge in [0, 0.05) is 5.57 Å². The number of ketones is 1. The van der Waals surface area contributed by atoms with Crippen LogP contribution < -0.4 is 0 Å². The maximum Gasteiger partial charge on any atom is 0.181 e.